The summed E-state index contributed by atoms with van der Waals surface area (Å²) >= 11 is 0. The molecule has 0 aromatic heterocycles. The second kappa shape index (κ2) is 24.6. The normalized spacial score (nSPS) is 28.9. The van der Waals surface area contributed by atoms with E-state index in [1.54, 1.807) is 13.0 Å². The van der Waals surface area contributed by atoms with Crippen molar-refractivity contribution in [1.29, 1.82) is 0 Å². The van der Waals surface area contributed by atoms with E-state index in [0.29, 0.717) is 18.8 Å². The standard InChI is InChI=1S/C48H90O9Si3/c1-17-41(56-59(21-5,22-6)23-7)38(13)46-42(53-46)35-47(15,57-60(24-8,25-9)26-10)32-27-28-36(11)45-37(12)29-30-43(52-39(14)49)48(16,51)33-31-40(34-44(50)54-45)55-58(18-2,19-3)20-4/h27-30,32,37-38,40-43,45-46,51H,17-26,31,33-35H2,1-16H3/b30-29-,32-27+,36-28+/t37-,38+,40+,41-,42+,43-,45+,46+,47-,48+/m0/s1. The molecule has 2 rings (SSSR count). The van der Waals surface area contributed by atoms with Crippen LogP contribution in [0.1, 0.15) is 143 Å². The Bertz CT molecular complexity index is 1380. The molecule has 60 heavy (non-hydrogen) atoms. The van der Waals surface area contributed by atoms with E-state index in [1.165, 1.54) is 6.92 Å². The Kier molecular flexibility index (Phi) is 22.5. The van der Waals surface area contributed by atoms with E-state index >= 15 is 0 Å². The van der Waals surface area contributed by atoms with E-state index in [4.69, 9.17) is 27.5 Å². The third kappa shape index (κ3) is 15.4. The first-order chi connectivity index (χ1) is 28.2. The molecule has 0 aromatic rings. The molecule has 0 aromatic carbocycles. The number of epoxide rings is 1. The third-order valence-electron chi connectivity index (χ3n) is 14.7. The Morgan fingerprint density at radius 3 is 1.97 bits per heavy atom. The van der Waals surface area contributed by atoms with Crippen LogP contribution in [0, 0.1) is 11.8 Å². The summed E-state index contributed by atoms with van der Waals surface area (Å²) in [5, 5.41) is 11.7. The van der Waals surface area contributed by atoms with Crippen LogP contribution in [0.25, 0.3) is 0 Å². The van der Waals surface area contributed by atoms with Crippen LogP contribution in [0.2, 0.25) is 54.4 Å². The lowest BCUT2D eigenvalue weighted by atomic mass is 9.88. The second-order valence-corrected chi connectivity index (χ2v) is 32.8. The number of carbonyl (C=O) groups is 2. The van der Waals surface area contributed by atoms with Gasteiger partial charge in [-0.1, -0.05) is 107 Å². The number of allylic oxidation sites excluding steroid dienone is 2. The molecule has 0 amide bonds. The van der Waals surface area contributed by atoms with Crippen LogP contribution in [0.15, 0.2) is 36.0 Å². The maximum Gasteiger partial charge on any atom is 0.308 e. The van der Waals surface area contributed by atoms with Crippen LogP contribution in [-0.2, 0) is 37.1 Å². The number of esters is 2. The van der Waals surface area contributed by atoms with Crippen LogP contribution in [0.3, 0.4) is 0 Å². The summed E-state index contributed by atoms with van der Waals surface area (Å²) < 4.78 is 39.8. The number of rotatable bonds is 24. The number of hydrogen-bond acceptors (Lipinski definition) is 9. The molecule has 2 aliphatic heterocycles. The average Bonchev–Trinajstić information content (AvgIpc) is 3.99. The van der Waals surface area contributed by atoms with Gasteiger partial charge in [0.05, 0.1) is 30.3 Å². The van der Waals surface area contributed by atoms with Gasteiger partial charge in [-0.25, -0.2) is 0 Å². The van der Waals surface area contributed by atoms with Crippen molar-refractivity contribution in [3.05, 3.63) is 36.0 Å². The monoisotopic (exact) mass is 895 g/mol. The third-order valence-corrected chi connectivity index (χ3v) is 28.8. The van der Waals surface area contributed by atoms with Gasteiger partial charge in [0.15, 0.2) is 25.0 Å². The number of ether oxygens (including phenoxy) is 3. The molecule has 0 spiro atoms. The molecule has 0 saturated carbocycles. The highest BCUT2D eigenvalue weighted by molar-refractivity contribution is 6.74. The molecule has 1 fully saturated rings. The van der Waals surface area contributed by atoms with Crippen molar-refractivity contribution in [1.82, 2.24) is 0 Å². The van der Waals surface area contributed by atoms with Gasteiger partial charge in [0.25, 0.3) is 0 Å². The van der Waals surface area contributed by atoms with Gasteiger partial charge in [-0.3, -0.25) is 9.59 Å². The molecule has 9 nitrogen and oxygen atoms in total. The van der Waals surface area contributed by atoms with Gasteiger partial charge in [0, 0.05) is 31.3 Å². The van der Waals surface area contributed by atoms with Crippen LogP contribution in [-0.4, -0.2) is 89.8 Å². The lowest BCUT2D eigenvalue weighted by molar-refractivity contribution is -0.157. The summed E-state index contributed by atoms with van der Waals surface area (Å²) in [7, 11) is -5.90. The highest BCUT2D eigenvalue weighted by atomic mass is 28.4. The molecule has 2 heterocycles. The minimum atomic E-state index is -2.10. The van der Waals surface area contributed by atoms with Crippen LogP contribution < -0.4 is 0 Å². The lowest BCUT2D eigenvalue weighted by Gasteiger charge is -2.39. The quantitative estimate of drug-likeness (QED) is 0.0333. The first kappa shape index (κ1) is 54.7. The smallest absolute Gasteiger partial charge is 0.308 e. The predicted octanol–water partition coefficient (Wildman–Crippen LogP) is 12.2. The van der Waals surface area contributed by atoms with E-state index in [1.807, 2.05) is 26.0 Å². The fourth-order valence-corrected chi connectivity index (χ4v) is 18.5. The van der Waals surface area contributed by atoms with E-state index < -0.39 is 60.4 Å². The van der Waals surface area contributed by atoms with E-state index in [0.717, 1.165) is 72.8 Å². The molecular formula is C48H90O9Si3. The van der Waals surface area contributed by atoms with Gasteiger partial charge in [-0.05, 0) is 106 Å². The topological polar surface area (TPSA) is 113 Å². The maximum atomic E-state index is 13.9. The van der Waals surface area contributed by atoms with Crippen molar-refractivity contribution >= 4 is 36.9 Å². The summed E-state index contributed by atoms with van der Waals surface area (Å²) in [4.78, 5) is 26.1. The molecule has 0 radical (unpaired) electrons. The largest absolute Gasteiger partial charge is 0.457 e. The van der Waals surface area contributed by atoms with E-state index in [9.17, 15) is 14.7 Å². The number of cyclic esters (lactones) is 1. The molecular weight excluding hydrogens is 805 g/mol. The molecule has 1 saturated heterocycles. The van der Waals surface area contributed by atoms with Gasteiger partial charge in [-0.15, -0.1) is 0 Å². The van der Waals surface area contributed by atoms with Crippen molar-refractivity contribution in [2.45, 2.75) is 245 Å². The Balaban J connectivity index is 2.52. The average molecular weight is 895 g/mol. The first-order valence-electron chi connectivity index (χ1n) is 24.0. The van der Waals surface area contributed by atoms with Gasteiger partial charge >= 0.3 is 11.9 Å². The summed E-state index contributed by atoms with van der Waals surface area (Å²) in [6, 6.07) is 9.36. The molecule has 2 aliphatic rings. The van der Waals surface area contributed by atoms with Crippen molar-refractivity contribution in [3.63, 3.8) is 0 Å². The van der Waals surface area contributed by atoms with Crippen molar-refractivity contribution in [2.24, 2.45) is 11.8 Å². The zero-order chi connectivity index (χ0) is 45.5. The molecule has 0 unspecified atom stereocenters. The zero-order valence-corrected chi connectivity index (χ0v) is 44.1. The number of carbonyl (C=O) groups excluding carboxylic acids is 2. The summed E-state index contributed by atoms with van der Waals surface area (Å²) in [5.41, 5.74) is -1.04. The summed E-state index contributed by atoms with van der Waals surface area (Å²) in [6.07, 6.45) is 11.0. The zero-order valence-electron chi connectivity index (χ0n) is 41.1. The molecule has 12 heteroatoms. The first-order valence-corrected chi connectivity index (χ1v) is 31.6. The van der Waals surface area contributed by atoms with Crippen LogP contribution >= 0.6 is 0 Å². The highest BCUT2D eigenvalue weighted by Crippen LogP contribution is 2.42. The van der Waals surface area contributed by atoms with Gasteiger partial charge in [0.2, 0.25) is 0 Å². The fraction of sp³-hybridized carbons (Fsp3) is 0.833. The molecule has 10 atom stereocenters. The van der Waals surface area contributed by atoms with E-state index in [2.05, 4.69) is 95.2 Å². The Morgan fingerprint density at radius 1 is 0.917 bits per heavy atom. The van der Waals surface area contributed by atoms with Crippen LogP contribution in [0.5, 0.6) is 0 Å². The molecule has 0 bridgehead atoms. The summed E-state index contributed by atoms with van der Waals surface area (Å²) in [5.74, 6) is -0.775. The fourth-order valence-electron chi connectivity index (χ4n) is 9.45. The van der Waals surface area contributed by atoms with Gasteiger partial charge in [0.1, 0.15) is 17.8 Å². The van der Waals surface area contributed by atoms with Gasteiger partial charge < -0.3 is 32.6 Å². The second-order valence-electron chi connectivity index (χ2n) is 18.7. The molecule has 1 N–H and O–H groups in total. The Morgan fingerprint density at radius 2 is 1.47 bits per heavy atom. The van der Waals surface area contributed by atoms with Crippen molar-refractivity contribution in [3.8, 4) is 0 Å². The molecule has 348 valence electrons. The summed E-state index contributed by atoms with van der Waals surface area (Å²) in [6.45, 7) is 34.0. The van der Waals surface area contributed by atoms with Gasteiger partial charge in [-0.2, -0.15) is 0 Å². The molecule has 0 aliphatic carbocycles. The SMILES string of the molecule is CC[C@H](O[Si](CC)(CC)CC)[C@@H](C)[C@H]1O[C@@H]1C[C@](C)(/C=C/C=C(\C)[C@H]1OC(=O)C[C@H](O[Si](CC)(CC)CC)CC[C@@](C)(O)[C@@H](OC(C)=O)/C=C\[C@@H]1C)O[Si](CC)(CC)CC. The van der Waals surface area contributed by atoms with Crippen molar-refractivity contribution in [2.75, 3.05) is 0 Å². The van der Waals surface area contributed by atoms with Crippen LogP contribution in [0.4, 0.5) is 0 Å². The highest BCUT2D eigenvalue weighted by Gasteiger charge is 2.51. The lowest BCUT2D eigenvalue weighted by Crippen LogP contribution is -2.46. The number of aliphatic hydroxyl groups is 1. The minimum Gasteiger partial charge on any atom is -0.457 e. The predicted molar refractivity (Wildman–Crippen MR) is 255 cm³/mol. The minimum absolute atomic E-state index is 0.0838. The van der Waals surface area contributed by atoms with E-state index in [-0.39, 0.29) is 36.6 Å². The maximum absolute atomic E-state index is 13.9. The van der Waals surface area contributed by atoms with Crippen molar-refractivity contribution < 1.29 is 42.2 Å². The number of hydrogen-bond donors (Lipinski definition) is 1. The Hall–Kier alpha value is -1.39. The Labute approximate surface area is 370 Å².